The number of anilines is 1. The van der Waals surface area contributed by atoms with Gasteiger partial charge in [-0.05, 0) is 67.4 Å². The van der Waals surface area contributed by atoms with Gasteiger partial charge in [-0.15, -0.1) is 0 Å². The Balaban J connectivity index is 0.000000758. The van der Waals surface area contributed by atoms with E-state index in [9.17, 15) is 4.79 Å². The second-order valence-electron chi connectivity index (χ2n) is 5.42. The van der Waals surface area contributed by atoms with E-state index in [1.165, 1.54) is 0 Å². The van der Waals surface area contributed by atoms with Gasteiger partial charge in [-0.1, -0.05) is 16.8 Å². The van der Waals surface area contributed by atoms with E-state index in [4.69, 9.17) is 26.3 Å². The van der Waals surface area contributed by atoms with Gasteiger partial charge in [-0.3, -0.25) is 10.2 Å². The van der Waals surface area contributed by atoms with E-state index in [1.807, 2.05) is 18.2 Å². The van der Waals surface area contributed by atoms with Gasteiger partial charge in [-0.25, -0.2) is 4.79 Å². The Bertz CT molecular complexity index is 776. The molecule has 0 unspecified atom stereocenters. The maximum atomic E-state index is 11.7. The number of carbonyl (C=O) groups is 1. The van der Waals surface area contributed by atoms with Crippen molar-refractivity contribution < 1.29 is 19.5 Å². The zero-order chi connectivity index (χ0) is 18.9. The molecule has 2 aromatic rings. The number of carbonyl (C=O) groups excluding carboxylic acids is 1. The number of rotatable bonds is 3. The second kappa shape index (κ2) is 9.79. The lowest BCUT2D eigenvalue weighted by molar-refractivity contribution is 0.166. The number of fused-ring (bicyclic) bond motifs is 1. The molecule has 0 atom stereocenters. The quantitative estimate of drug-likeness (QED) is 0.477. The fraction of sp³-hybridized carbons (Fsp3) is 0.263. The molecule has 6 nitrogen and oxygen atoms in total. The molecule has 138 valence electrons. The number of halogens is 1. The molecule has 0 bridgehead atoms. The maximum Gasteiger partial charge on any atom is 0.437 e. The van der Waals surface area contributed by atoms with Crippen molar-refractivity contribution in [3.8, 4) is 5.75 Å². The molecule has 0 saturated carbocycles. The van der Waals surface area contributed by atoms with Crippen LogP contribution in [0.1, 0.15) is 25.0 Å². The van der Waals surface area contributed by atoms with Crippen LogP contribution in [0.15, 0.2) is 47.6 Å². The standard InChI is InChI=1S/C17H15ClN2O3.C2H6O/c1-11(12-2-7-16-13(10-12)8-9-22-16)20-23-17(21)19-15-5-3-14(18)4-6-15;1-2-3/h2-7,10H,8-9H2,1H3,(H,19,21);3H,2H2,1H3/b20-11+;. The average molecular weight is 377 g/mol. The highest BCUT2D eigenvalue weighted by Crippen LogP contribution is 2.26. The minimum Gasteiger partial charge on any atom is -0.493 e. The lowest BCUT2D eigenvalue weighted by Crippen LogP contribution is -2.11. The van der Waals surface area contributed by atoms with Crippen molar-refractivity contribution in [2.24, 2.45) is 5.16 Å². The number of amides is 1. The molecule has 0 aliphatic carbocycles. The molecule has 3 rings (SSSR count). The first-order valence-electron chi connectivity index (χ1n) is 8.18. The van der Waals surface area contributed by atoms with E-state index in [0.717, 1.165) is 23.3 Å². The molecule has 0 radical (unpaired) electrons. The highest BCUT2D eigenvalue weighted by molar-refractivity contribution is 6.30. The molecule has 0 saturated heterocycles. The molecular weight excluding hydrogens is 356 g/mol. The molecule has 0 spiro atoms. The van der Waals surface area contributed by atoms with Crippen LogP contribution < -0.4 is 10.1 Å². The SMILES string of the molecule is C/C(=N\OC(=O)Nc1ccc(Cl)cc1)c1ccc2c(c1)CCO2.CCO. The van der Waals surface area contributed by atoms with Crippen LogP contribution in [0.4, 0.5) is 10.5 Å². The van der Waals surface area contributed by atoms with E-state index >= 15 is 0 Å². The third-order valence-corrected chi connectivity index (χ3v) is 3.72. The van der Waals surface area contributed by atoms with E-state index < -0.39 is 6.09 Å². The zero-order valence-electron chi connectivity index (χ0n) is 14.7. The Morgan fingerprint density at radius 1 is 1.31 bits per heavy atom. The summed E-state index contributed by atoms with van der Waals surface area (Å²) >= 11 is 5.78. The number of benzene rings is 2. The Hall–Kier alpha value is -2.57. The summed E-state index contributed by atoms with van der Waals surface area (Å²) in [5.41, 5.74) is 3.24. The fourth-order valence-electron chi connectivity index (χ4n) is 2.25. The Morgan fingerprint density at radius 3 is 2.69 bits per heavy atom. The highest BCUT2D eigenvalue weighted by Gasteiger charge is 2.13. The summed E-state index contributed by atoms with van der Waals surface area (Å²) in [4.78, 5) is 16.6. The van der Waals surface area contributed by atoms with Crippen LogP contribution >= 0.6 is 11.6 Å². The molecule has 0 fully saturated rings. The Morgan fingerprint density at radius 2 is 2.00 bits per heavy atom. The molecule has 1 heterocycles. The zero-order valence-corrected chi connectivity index (χ0v) is 15.4. The summed E-state index contributed by atoms with van der Waals surface area (Å²) in [7, 11) is 0. The van der Waals surface area contributed by atoms with Crippen molar-refractivity contribution in [3.05, 3.63) is 58.6 Å². The van der Waals surface area contributed by atoms with Gasteiger partial charge in [0.05, 0.1) is 12.3 Å². The van der Waals surface area contributed by atoms with Crippen LogP contribution in [0.3, 0.4) is 0 Å². The third-order valence-electron chi connectivity index (χ3n) is 3.46. The maximum absolute atomic E-state index is 11.7. The Labute approximate surface area is 157 Å². The molecule has 2 N–H and O–H groups in total. The van der Waals surface area contributed by atoms with Gasteiger partial charge >= 0.3 is 6.09 Å². The second-order valence-corrected chi connectivity index (χ2v) is 5.86. The highest BCUT2D eigenvalue weighted by atomic mass is 35.5. The van der Waals surface area contributed by atoms with Gasteiger partial charge in [-0.2, -0.15) is 0 Å². The average Bonchev–Trinajstić information content (AvgIpc) is 3.10. The summed E-state index contributed by atoms with van der Waals surface area (Å²) in [5, 5.41) is 14.6. The first kappa shape index (κ1) is 19.8. The summed E-state index contributed by atoms with van der Waals surface area (Å²) in [5.74, 6) is 0.906. The number of nitrogens with zero attached hydrogens (tertiary/aromatic N) is 1. The predicted molar refractivity (Wildman–Crippen MR) is 102 cm³/mol. The normalized spacial score (nSPS) is 12.4. The largest absolute Gasteiger partial charge is 0.493 e. The van der Waals surface area contributed by atoms with E-state index in [-0.39, 0.29) is 6.61 Å². The fourth-order valence-corrected chi connectivity index (χ4v) is 2.37. The van der Waals surface area contributed by atoms with Crippen LogP contribution in [-0.4, -0.2) is 30.1 Å². The molecule has 1 aliphatic heterocycles. The molecule has 7 heteroatoms. The molecule has 0 aromatic heterocycles. The van der Waals surface area contributed by atoms with Gasteiger partial charge in [0.1, 0.15) is 5.75 Å². The first-order valence-corrected chi connectivity index (χ1v) is 8.56. The number of aliphatic hydroxyl groups is 1. The van der Waals surface area contributed by atoms with Gasteiger partial charge in [0.2, 0.25) is 0 Å². The summed E-state index contributed by atoms with van der Waals surface area (Å²) < 4.78 is 5.46. The van der Waals surface area contributed by atoms with E-state index in [1.54, 1.807) is 38.1 Å². The van der Waals surface area contributed by atoms with Crippen LogP contribution in [0, 0.1) is 0 Å². The van der Waals surface area contributed by atoms with Crippen molar-refractivity contribution in [1.82, 2.24) is 0 Å². The molecule has 26 heavy (non-hydrogen) atoms. The number of hydrogen-bond donors (Lipinski definition) is 2. The van der Waals surface area contributed by atoms with Crippen molar-refractivity contribution in [3.63, 3.8) is 0 Å². The van der Waals surface area contributed by atoms with Crippen LogP contribution in [0.5, 0.6) is 5.75 Å². The van der Waals surface area contributed by atoms with Crippen molar-refractivity contribution in [1.29, 1.82) is 0 Å². The summed E-state index contributed by atoms with van der Waals surface area (Å²) in [6.07, 6.45) is 0.227. The molecule has 1 aliphatic rings. The number of ether oxygens (including phenoxy) is 1. The van der Waals surface area contributed by atoms with Crippen LogP contribution in [0.25, 0.3) is 0 Å². The van der Waals surface area contributed by atoms with Gasteiger partial charge in [0.15, 0.2) is 0 Å². The number of oxime groups is 1. The monoisotopic (exact) mass is 376 g/mol. The molecule has 1 amide bonds. The van der Waals surface area contributed by atoms with Crippen molar-refractivity contribution in [2.75, 3.05) is 18.5 Å². The first-order chi connectivity index (χ1) is 12.5. The molecular formula is C19H21ClN2O4. The van der Waals surface area contributed by atoms with E-state index in [2.05, 4.69) is 10.5 Å². The van der Waals surface area contributed by atoms with Gasteiger partial charge in [0.25, 0.3) is 0 Å². The van der Waals surface area contributed by atoms with Crippen molar-refractivity contribution >= 4 is 29.1 Å². The smallest absolute Gasteiger partial charge is 0.437 e. The minimum absolute atomic E-state index is 0.250. The Kier molecular flexibility index (Phi) is 7.44. The van der Waals surface area contributed by atoms with E-state index in [0.29, 0.717) is 23.0 Å². The number of aliphatic hydroxyl groups excluding tert-OH is 1. The minimum atomic E-state index is -0.656. The predicted octanol–water partition coefficient (Wildman–Crippen LogP) is 4.25. The summed E-state index contributed by atoms with van der Waals surface area (Å²) in [6, 6.07) is 12.5. The topological polar surface area (TPSA) is 80.2 Å². The van der Waals surface area contributed by atoms with Crippen LogP contribution in [0.2, 0.25) is 5.02 Å². The third kappa shape index (κ3) is 5.75. The summed E-state index contributed by atoms with van der Waals surface area (Å²) in [6.45, 7) is 4.42. The lowest BCUT2D eigenvalue weighted by Gasteiger charge is -2.05. The lowest BCUT2D eigenvalue weighted by atomic mass is 10.1. The van der Waals surface area contributed by atoms with Gasteiger partial charge in [0, 0.05) is 23.7 Å². The number of hydrogen-bond acceptors (Lipinski definition) is 5. The number of nitrogens with one attached hydrogen (secondary N) is 1. The van der Waals surface area contributed by atoms with Crippen molar-refractivity contribution in [2.45, 2.75) is 20.3 Å². The molecule has 2 aromatic carbocycles. The van der Waals surface area contributed by atoms with Crippen LogP contribution in [-0.2, 0) is 11.3 Å². The van der Waals surface area contributed by atoms with Gasteiger partial charge < -0.3 is 9.84 Å².